The molecule has 2 heterocycles. The normalized spacial score (nSPS) is 9.93. The lowest BCUT2D eigenvalue weighted by Gasteiger charge is -1.99. The number of amides is 1. The summed E-state index contributed by atoms with van der Waals surface area (Å²) < 4.78 is 12.7. The molecule has 0 atom stereocenters. The quantitative estimate of drug-likeness (QED) is 0.781. The Morgan fingerprint density at radius 1 is 1.53 bits per heavy atom. The van der Waals surface area contributed by atoms with E-state index in [1.165, 1.54) is 29.1 Å². The highest BCUT2D eigenvalue weighted by molar-refractivity contribution is 7.13. The SMILES string of the molecule is O=C(Nc1nncs1)c1ccnc(F)c1. The molecule has 2 aromatic rings. The molecule has 0 aliphatic rings. The Morgan fingerprint density at radius 3 is 3.07 bits per heavy atom. The number of nitrogens with zero attached hydrogens (tertiary/aromatic N) is 3. The summed E-state index contributed by atoms with van der Waals surface area (Å²) in [6.45, 7) is 0. The molecule has 1 amide bonds. The van der Waals surface area contributed by atoms with Crippen LogP contribution in [0, 0.1) is 5.95 Å². The molecular weight excluding hydrogens is 219 g/mol. The third-order valence-electron chi connectivity index (χ3n) is 1.57. The zero-order valence-corrected chi connectivity index (χ0v) is 8.16. The molecule has 5 nitrogen and oxygen atoms in total. The highest BCUT2D eigenvalue weighted by atomic mass is 32.1. The molecule has 2 aromatic heterocycles. The van der Waals surface area contributed by atoms with Gasteiger partial charge in [-0.2, -0.15) is 4.39 Å². The summed E-state index contributed by atoms with van der Waals surface area (Å²) in [5.74, 6) is -1.13. The van der Waals surface area contributed by atoms with E-state index in [0.29, 0.717) is 5.13 Å². The zero-order valence-electron chi connectivity index (χ0n) is 7.35. The summed E-state index contributed by atoms with van der Waals surface area (Å²) in [6, 6.07) is 2.47. The molecular formula is C8H5FN4OS. The van der Waals surface area contributed by atoms with Crippen molar-refractivity contribution in [2.75, 3.05) is 5.32 Å². The van der Waals surface area contributed by atoms with Crippen molar-refractivity contribution in [2.24, 2.45) is 0 Å². The molecule has 0 saturated carbocycles. The Balaban J connectivity index is 2.15. The van der Waals surface area contributed by atoms with Gasteiger partial charge in [-0.3, -0.25) is 10.1 Å². The fourth-order valence-electron chi connectivity index (χ4n) is 0.941. The fourth-order valence-corrected chi connectivity index (χ4v) is 1.38. The third-order valence-corrected chi connectivity index (χ3v) is 2.18. The van der Waals surface area contributed by atoms with Crippen LogP contribution in [0.4, 0.5) is 9.52 Å². The van der Waals surface area contributed by atoms with Gasteiger partial charge < -0.3 is 0 Å². The average Bonchev–Trinajstić information content (AvgIpc) is 2.70. The highest BCUT2D eigenvalue weighted by Crippen LogP contribution is 2.10. The second-order valence-corrected chi connectivity index (χ2v) is 3.40. The molecule has 0 spiro atoms. The highest BCUT2D eigenvalue weighted by Gasteiger charge is 2.08. The van der Waals surface area contributed by atoms with Crippen LogP contribution in [0.1, 0.15) is 10.4 Å². The molecule has 0 aromatic carbocycles. The first-order valence-electron chi connectivity index (χ1n) is 3.95. The van der Waals surface area contributed by atoms with E-state index in [9.17, 15) is 9.18 Å². The standard InChI is InChI=1S/C8H5FN4OS/c9-6-3-5(1-2-10-6)7(14)12-8-13-11-4-15-8/h1-4H,(H,12,13,14). The summed E-state index contributed by atoms with van der Waals surface area (Å²) in [5.41, 5.74) is 1.68. The Morgan fingerprint density at radius 2 is 2.40 bits per heavy atom. The van der Waals surface area contributed by atoms with Gasteiger partial charge in [0, 0.05) is 17.8 Å². The van der Waals surface area contributed by atoms with Crippen LogP contribution < -0.4 is 5.32 Å². The second kappa shape index (κ2) is 4.09. The van der Waals surface area contributed by atoms with Crippen molar-refractivity contribution in [2.45, 2.75) is 0 Å². The van der Waals surface area contributed by atoms with Crippen molar-refractivity contribution in [3.63, 3.8) is 0 Å². The summed E-state index contributed by atoms with van der Waals surface area (Å²) in [4.78, 5) is 14.8. The molecule has 15 heavy (non-hydrogen) atoms. The lowest BCUT2D eigenvalue weighted by atomic mass is 10.2. The molecule has 0 aliphatic carbocycles. The predicted molar refractivity (Wildman–Crippen MR) is 52.1 cm³/mol. The zero-order chi connectivity index (χ0) is 10.7. The van der Waals surface area contributed by atoms with Crippen molar-refractivity contribution >= 4 is 22.4 Å². The maximum absolute atomic E-state index is 12.7. The van der Waals surface area contributed by atoms with Crippen LogP contribution >= 0.6 is 11.3 Å². The van der Waals surface area contributed by atoms with Crippen molar-refractivity contribution in [3.05, 3.63) is 35.4 Å². The molecule has 0 aliphatic heterocycles. The number of hydrogen-bond donors (Lipinski definition) is 1. The summed E-state index contributed by atoms with van der Waals surface area (Å²) >= 11 is 1.19. The van der Waals surface area contributed by atoms with Gasteiger partial charge in [0.15, 0.2) is 0 Å². The average molecular weight is 224 g/mol. The van der Waals surface area contributed by atoms with Crippen LogP contribution in [-0.2, 0) is 0 Å². The van der Waals surface area contributed by atoms with Crippen molar-refractivity contribution in [3.8, 4) is 0 Å². The lowest BCUT2D eigenvalue weighted by Crippen LogP contribution is -2.12. The number of rotatable bonds is 2. The Labute approximate surface area is 88.0 Å². The molecule has 0 radical (unpaired) electrons. The van der Waals surface area contributed by atoms with Gasteiger partial charge in [0.05, 0.1) is 0 Å². The van der Waals surface area contributed by atoms with Gasteiger partial charge in [-0.05, 0) is 6.07 Å². The van der Waals surface area contributed by atoms with Crippen molar-refractivity contribution in [1.29, 1.82) is 0 Å². The van der Waals surface area contributed by atoms with Gasteiger partial charge in [0.25, 0.3) is 5.91 Å². The minimum atomic E-state index is -0.695. The van der Waals surface area contributed by atoms with E-state index in [1.54, 1.807) is 0 Å². The van der Waals surface area contributed by atoms with Crippen LogP contribution in [0.5, 0.6) is 0 Å². The largest absolute Gasteiger partial charge is 0.296 e. The lowest BCUT2D eigenvalue weighted by molar-refractivity contribution is 0.102. The number of carbonyl (C=O) groups excluding carboxylic acids is 1. The Hall–Kier alpha value is -1.89. The van der Waals surface area contributed by atoms with Gasteiger partial charge in [0.2, 0.25) is 11.1 Å². The third kappa shape index (κ3) is 2.32. The van der Waals surface area contributed by atoms with Gasteiger partial charge in [0.1, 0.15) is 5.51 Å². The van der Waals surface area contributed by atoms with Crippen LogP contribution in [0.25, 0.3) is 0 Å². The molecule has 0 fully saturated rings. The molecule has 76 valence electrons. The Bertz CT molecular complexity index is 473. The monoisotopic (exact) mass is 224 g/mol. The molecule has 7 heteroatoms. The first-order valence-corrected chi connectivity index (χ1v) is 4.83. The van der Waals surface area contributed by atoms with Crippen molar-refractivity contribution < 1.29 is 9.18 Å². The second-order valence-electron chi connectivity index (χ2n) is 2.57. The van der Waals surface area contributed by atoms with Crippen LogP contribution in [0.2, 0.25) is 0 Å². The van der Waals surface area contributed by atoms with E-state index < -0.39 is 11.9 Å². The van der Waals surface area contributed by atoms with Gasteiger partial charge >= 0.3 is 0 Å². The topological polar surface area (TPSA) is 67.8 Å². The van der Waals surface area contributed by atoms with Gasteiger partial charge in [-0.25, -0.2) is 4.98 Å². The van der Waals surface area contributed by atoms with E-state index in [0.717, 1.165) is 6.07 Å². The molecule has 1 N–H and O–H groups in total. The summed E-state index contributed by atoms with van der Waals surface area (Å²) in [7, 11) is 0. The number of nitrogens with one attached hydrogen (secondary N) is 1. The van der Waals surface area contributed by atoms with E-state index >= 15 is 0 Å². The maximum Gasteiger partial charge on any atom is 0.257 e. The summed E-state index contributed by atoms with van der Waals surface area (Å²) in [5, 5.41) is 10.0. The number of anilines is 1. The number of pyridine rings is 1. The predicted octanol–water partition coefficient (Wildman–Crippen LogP) is 1.32. The van der Waals surface area contributed by atoms with E-state index in [1.807, 2.05) is 0 Å². The number of halogens is 1. The van der Waals surface area contributed by atoms with Gasteiger partial charge in [-0.1, -0.05) is 11.3 Å². The summed E-state index contributed by atoms with van der Waals surface area (Å²) in [6.07, 6.45) is 1.23. The number of carbonyl (C=O) groups is 1. The van der Waals surface area contributed by atoms with Crippen LogP contribution in [0.15, 0.2) is 23.8 Å². The smallest absolute Gasteiger partial charge is 0.257 e. The van der Waals surface area contributed by atoms with Crippen LogP contribution in [-0.4, -0.2) is 21.1 Å². The molecule has 2 rings (SSSR count). The number of hydrogen-bond acceptors (Lipinski definition) is 5. The van der Waals surface area contributed by atoms with Gasteiger partial charge in [-0.15, -0.1) is 10.2 Å². The molecule has 0 unspecified atom stereocenters. The van der Waals surface area contributed by atoms with E-state index in [4.69, 9.17) is 0 Å². The van der Waals surface area contributed by atoms with E-state index in [-0.39, 0.29) is 5.56 Å². The first kappa shape index (κ1) is 9.66. The number of aromatic nitrogens is 3. The fraction of sp³-hybridized carbons (Fsp3) is 0. The first-order chi connectivity index (χ1) is 7.25. The molecule has 0 saturated heterocycles. The van der Waals surface area contributed by atoms with Crippen molar-refractivity contribution in [1.82, 2.24) is 15.2 Å². The van der Waals surface area contributed by atoms with E-state index in [2.05, 4.69) is 20.5 Å². The Kier molecular flexibility index (Phi) is 2.64. The van der Waals surface area contributed by atoms with Crippen LogP contribution in [0.3, 0.4) is 0 Å². The molecule has 0 bridgehead atoms. The maximum atomic E-state index is 12.7. The minimum absolute atomic E-state index is 0.192. The minimum Gasteiger partial charge on any atom is -0.296 e.